The van der Waals surface area contributed by atoms with Crippen molar-refractivity contribution in [2.75, 3.05) is 7.11 Å². The van der Waals surface area contributed by atoms with Gasteiger partial charge in [0.2, 0.25) is 0 Å². The molecule has 0 bridgehead atoms. The maximum atomic E-state index is 11.6. The zero-order valence-electron chi connectivity index (χ0n) is 9.96. The van der Waals surface area contributed by atoms with E-state index < -0.39 is 5.97 Å². The van der Waals surface area contributed by atoms with Gasteiger partial charge in [0.05, 0.1) is 12.1 Å². The van der Waals surface area contributed by atoms with Crippen molar-refractivity contribution >= 4 is 17.3 Å². The molecule has 0 atom stereocenters. The molecule has 1 aromatic heterocycles. The van der Waals surface area contributed by atoms with Crippen molar-refractivity contribution in [3.05, 3.63) is 52.0 Å². The first-order valence-corrected chi connectivity index (χ1v) is 6.36. The van der Waals surface area contributed by atoms with E-state index in [9.17, 15) is 4.79 Å². The quantitative estimate of drug-likeness (QED) is 0.778. The second-order valence-corrected chi connectivity index (χ2v) is 4.37. The fourth-order valence-electron chi connectivity index (χ4n) is 1.53. The van der Waals surface area contributed by atoms with Crippen molar-refractivity contribution in [2.45, 2.75) is 13.2 Å². The molecule has 1 aromatic carbocycles. The summed E-state index contributed by atoms with van der Waals surface area (Å²) in [6.07, 6.45) is 0. The van der Waals surface area contributed by atoms with Gasteiger partial charge in [0.25, 0.3) is 0 Å². The molecule has 0 spiro atoms. The van der Waals surface area contributed by atoms with Gasteiger partial charge in [0.1, 0.15) is 6.61 Å². The highest BCUT2D eigenvalue weighted by Gasteiger charge is 2.10. The van der Waals surface area contributed by atoms with Crippen molar-refractivity contribution < 1.29 is 14.3 Å². The normalized spacial score (nSPS) is 10.3. The monoisotopic (exact) mass is 263 g/mol. The lowest BCUT2D eigenvalue weighted by Crippen LogP contribution is -2.07. The number of carbonyl (C=O) groups excluding carboxylic acids is 1. The van der Waals surface area contributed by atoms with Crippen LogP contribution in [0.3, 0.4) is 0 Å². The second-order valence-electron chi connectivity index (χ2n) is 3.65. The predicted molar refractivity (Wildman–Crippen MR) is 68.4 cm³/mol. The van der Waals surface area contributed by atoms with Crippen LogP contribution in [0.5, 0.6) is 0 Å². The van der Waals surface area contributed by atoms with Crippen molar-refractivity contribution in [3.8, 4) is 0 Å². The van der Waals surface area contributed by atoms with E-state index in [2.05, 4.69) is 4.98 Å². The van der Waals surface area contributed by atoms with Gasteiger partial charge in [0, 0.05) is 12.5 Å². The second kappa shape index (κ2) is 6.28. The van der Waals surface area contributed by atoms with Crippen molar-refractivity contribution in [1.29, 1.82) is 0 Å². The molecule has 4 nitrogen and oxygen atoms in total. The fourth-order valence-corrected chi connectivity index (χ4v) is 2.05. The number of esters is 1. The first-order valence-electron chi connectivity index (χ1n) is 5.42. The maximum Gasteiger partial charge on any atom is 0.358 e. The standard InChI is InChI=1S/C13H13NO3S/c1-16-6-10-4-2-3-5-11(10)7-17-13(15)12-8-18-9-14-12/h2-5,8-9H,6-7H2,1H3. The zero-order chi connectivity index (χ0) is 12.8. The van der Waals surface area contributed by atoms with E-state index in [1.54, 1.807) is 18.0 Å². The van der Waals surface area contributed by atoms with Gasteiger partial charge in [-0.1, -0.05) is 24.3 Å². The first kappa shape index (κ1) is 12.7. The summed E-state index contributed by atoms with van der Waals surface area (Å²) in [4.78, 5) is 15.5. The van der Waals surface area contributed by atoms with E-state index in [4.69, 9.17) is 9.47 Å². The van der Waals surface area contributed by atoms with Gasteiger partial charge in [-0.25, -0.2) is 9.78 Å². The Morgan fingerprint density at radius 2 is 2.00 bits per heavy atom. The molecule has 2 rings (SSSR count). The average Bonchev–Trinajstić information content (AvgIpc) is 2.92. The Labute approximate surface area is 109 Å². The zero-order valence-corrected chi connectivity index (χ0v) is 10.8. The first-order chi connectivity index (χ1) is 8.81. The number of aromatic nitrogens is 1. The van der Waals surface area contributed by atoms with Gasteiger partial charge in [0.15, 0.2) is 5.69 Å². The highest BCUT2D eigenvalue weighted by atomic mass is 32.1. The topological polar surface area (TPSA) is 48.4 Å². The number of carbonyl (C=O) groups is 1. The molecule has 5 heteroatoms. The lowest BCUT2D eigenvalue weighted by Gasteiger charge is -2.08. The van der Waals surface area contributed by atoms with Crippen molar-refractivity contribution in [1.82, 2.24) is 4.98 Å². The molecule has 0 N–H and O–H groups in total. The Bertz CT molecular complexity index is 511. The number of ether oxygens (including phenoxy) is 2. The summed E-state index contributed by atoms with van der Waals surface area (Å²) in [5.74, 6) is -0.400. The van der Waals surface area contributed by atoms with Crippen LogP contribution in [-0.2, 0) is 22.7 Å². The van der Waals surface area contributed by atoms with Crippen LogP contribution in [0.1, 0.15) is 21.6 Å². The molecular weight excluding hydrogens is 250 g/mol. The molecule has 0 radical (unpaired) electrons. The summed E-state index contributed by atoms with van der Waals surface area (Å²) in [5, 5.41) is 1.67. The minimum Gasteiger partial charge on any atom is -0.456 e. The van der Waals surface area contributed by atoms with E-state index >= 15 is 0 Å². The van der Waals surface area contributed by atoms with Gasteiger partial charge in [-0.3, -0.25) is 0 Å². The van der Waals surface area contributed by atoms with Crippen LogP contribution in [-0.4, -0.2) is 18.1 Å². The third-order valence-corrected chi connectivity index (χ3v) is 3.00. The number of benzene rings is 1. The number of nitrogens with zero attached hydrogens (tertiary/aromatic N) is 1. The number of rotatable bonds is 5. The summed E-state index contributed by atoms with van der Waals surface area (Å²) >= 11 is 1.37. The van der Waals surface area contributed by atoms with E-state index in [1.165, 1.54) is 11.3 Å². The molecule has 0 saturated carbocycles. The third kappa shape index (κ3) is 3.15. The molecule has 0 fully saturated rings. The lowest BCUT2D eigenvalue weighted by atomic mass is 10.1. The summed E-state index contributed by atoms with van der Waals surface area (Å²) in [6.45, 7) is 0.736. The van der Waals surface area contributed by atoms with Gasteiger partial charge in [-0.15, -0.1) is 11.3 Å². The van der Waals surface area contributed by atoms with E-state index in [1.807, 2.05) is 24.3 Å². The SMILES string of the molecule is COCc1ccccc1COC(=O)c1cscn1. The Balaban J connectivity index is 2.00. The van der Waals surface area contributed by atoms with Crippen LogP contribution in [0.25, 0.3) is 0 Å². The van der Waals surface area contributed by atoms with Gasteiger partial charge in [-0.05, 0) is 11.1 Å². The molecule has 94 valence electrons. The van der Waals surface area contributed by atoms with Crippen LogP contribution < -0.4 is 0 Å². The Morgan fingerprint density at radius 3 is 2.61 bits per heavy atom. The average molecular weight is 263 g/mol. The molecule has 0 aliphatic heterocycles. The predicted octanol–water partition coefficient (Wildman–Crippen LogP) is 2.65. The molecule has 0 amide bonds. The Hall–Kier alpha value is -1.72. The van der Waals surface area contributed by atoms with Gasteiger partial charge in [-0.2, -0.15) is 0 Å². The van der Waals surface area contributed by atoms with E-state index in [0.717, 1.165) is 11.1 Å². The van der Waals surface area contributed by atoms with Crippen LogP contribution in [0, 0.1) is 0 Å². The number of hydrogen-bond donors (Lipinski definition) is 0. The largest absolute Gasteiger partial charge is 0.456 e. The highest BCUT2D eigenvalue weighted by molar-refractivity contribution is 7.07. The molecule has 1 heterocycles. The minimum absolute atomic E-state index is 0.232. The Morgan fingerprint density at radius 1 is 1.28 bits per heavy atom. The van der Waals surface area contributed by atoms with Crippen LogP contribution in [0.2, 0.25) is 0 Å². The summed E-state index contributed by atoms with van der Waals surface area (Å²) < 4.78 is 10.3. The maximum absolute atomic E-state index is 11.6. The number of hydrogen-bond acceptors (Lipinski definition) is 5. The van der Waals surface area contributed by atoms with Crippen molar-refractivity contribution in [2.24, 2.45) is 0 Å². The van der Waals surface area contributed by atoms with Crippen molar-refractivity contribution in [3.63, 3.8) is 0 Å². The molecule has 0 aliphatic rings. The third-order valence-electron chi connectivity index (χ3n) is 2.42. The van der Waals surface area contributed by atoms with Crippen LogP contribution >= 0.6 is 11.3 Å². The molecular formula is C13H13NO3S. The van der Waals surface area contributed by atoms with Crippen LogP contribution in [0.15, 0.2) is 35.2 Å². The minimum atomic E-state index is -0.400. The number of methoxy groups -OCH3 is 1. The van der Waals surface area contributed by atoms with Gasteiger partial charge < -0.3 is 9.47 Å². The highest BCUT2D eigenvalue weighted by Crippen LogP contribution is 2.12. The molecule has 0 saturated heterocycles. The summed E-state index contributed by atoms with van der Waals surface area (Å²) in [5.41, 5.74) is 3.92. The van der Waals surface area contributed by atoms with E-state index in [-0.39, 0.29) is 6.61 Å². The molecule has 0 unspecified atom stereocenters. The van der Waals surface area contributed by atoms with E-state index in [0.29, 0.717) is 12.3 Å². The summed E-state index contributed by atoms with van der Waals surface area (Å²) in [7, 11) is 1.64. The van der Waals surface area contributed by atoms with Gasteiger partial charge >= 0.3 is 5.97 Å². The number of thiazole rings is 1. The molecule has 2 aromatic rings. The smallest absolute Gasteiger partial charge is 0.358 e. The summed E-state index contributed by atoms with van der Waals surface area (Å²) in [6, 6.07) is 7.71. The van der Waals surface area contributed by atoms with Crippen LogP contribution in [0.4, 0.5) is 0 Å². The fraction of sp³-hybridized carbons (Fsp3) is 0.231. The lowest BCUT2D eigenvalue weighted by molar-refractivity contribution is 0.0463. The molecule has 0 aliphatic carbocycles. The molecule has 18 heavy (non-hydrogen) atoms. The Kier molecular flexibility index (Phi) is 4.44.